The molecule has 1 saturated carbocycles. The van der Waals surface area contributed by atoms with Gasteiger partial charge in [-0.1, -0.05) is 19.1 Å². The fraction of sp³-hybridized carbons (Fsp3) is 0.600. The summed E-state index contributed by atoms with van der Waals surface area (Å²) in [5, 5.41) is 2.91. The molecule has 1 aromatic rings. The average molecular weight is 358 g/mol. The Hall–Kier alpha value is -2.24. The van der Waals surface area contributed by atoms with Gasteiger partial charge in [-0.05, 0) is 55.7 Å². The molecule has 1 amide bonds. The SMILES string of the molecule is CC1CCN(C(N)=NCCc2ccc(OCC(=O)NC3CC3)cc2)CC1. The highest BCUT2D eigenvalue weighted by atomic mass is 16.5. The van der Waals surface area contributed by atoms with Crippen molar-refractivity contribution in [2.45, 2.75) is 45.1 Å². The van der Waals surface area contributed by atoms with Crippen LogP contribution in [0.3, 0.4) is 0 Å². The van der Waals surface area contributed by atoms with E-state index in [1.165, 1.54) is 18.4 Å². The molecule has 6 heteroatoms. The molecule has 6 nitrogen and oxygen atoms in total. The van der Waals surface area contributed by atoms with Gasteiger partial charge in [-0.2, -0.15) is 0 Å². The predicted molar refractivity (Wildman–Crippen MR) is 103 cm³/mol. The molecule has 1 aliphatic carbocycles. The number of hydrogen-bond donors (Lipinski definition) is 2. The number of nitrogens with one attached hydrogen (secondary N) is 1. The second kappa shape index (κ2) is 8.92. The molecule has 2 fully saturated rings. The van der Waals surface area contributed by atoms with Gasteiger partial charge in [0, 0.05) is 25.7 Å². The topological polar surface area (TPSA) is 79.9 Å². The standard InChI is InChI=1S/C20H30N4O2/c1-15-9-12-24(13-10-15)20(21)22-11-8-16-2-6-18(7-3-16)26-14-19(25)23-17-4-5-17/h2-3,6-7,15,17H,4-5,8-14H2,1H3,(H2,21,22)(H,23,25). The number of carbonyl (C=O) groups excluding carboxylic acids is 1. The lowest BCUT2D eigenvalue weighted by molar-refractivity contribution is -0.123. The minimum Gasteiger partial charge on any atom is -0.484 e. The molecule has 1 saturated heterocycles. The number of benzene rings is 1. The number of ether oxygens (including phenoxy) is 1. The Balaban J connectivity index is 1.38. The largest absolute Gasteiger partial charge is 0.484 e. The first-order chi connectivity index (χ1) is 12.6. The molecule has 142 valence electrons. The van der Waals surface area contributed by atoms with E-state index in [-0.39, 0.29) is 12.5 Å². The normalized spacial score (nSPS) is 18.7. The van der Waals surface area contributed by atoms with Crippen molar-refractivity contribution in [3.05, 3.63) is 29.8 Å². The quantitative estimate of drug-likeness (QED) is 0.577. The van der Waals surface area contributed by atoms with Crippen LogP contribution in [0.4, 0.5) is 0 Å². The molecular formula is C20H30N4O2. The second-order valence-electron chi connectivity index (χ2n) is 7.43. The van der Waals surface area contributed by atoms with Crippen LogP contribution < -0.4 is 15.8 Å². The number of carbonyl (C=O) groups is 1. The van der Waals surface area contributed by atoms with Crippen LogP contribution in [0.5, 0.6) is 5.75 Å². The van der Waals surface area contributed by atoms with E-state index < -0.39 is 0 Å². The summed E-state index contributed by atoms with van der Waals surface area (Å²) < 4.78 is 5.52. The molecule has 0 atom stereocenters. The Morgan fingerprint density at radius 3 is 2.58 bits per heavy atom. The lowest BCUT2D eigenvalue weighted by Gasteiger charge is -2.31. The van der Waals surface area contributed by atoms with Gasteiger partial charge in [0.1, 0.15) is 5.75 Å². The van der Waals surface area contributed by atoms with Gasteiger partial charge in [0.05, 0.1) is 0 Å². The van der Waals surface area contributed by atoms with Gasteiger partial charge in [0.15, 0.2) is 12.6 Å². The number of nitrogens with zero attached hydrogens (tertiary/aromatic N) is 2. The summed E-state index contributed by atoms with van der Waals surface area (Å²) >= 11 is 0. The molecule has 0 spiro atoms. The zero-order chi connectivity index (χ0) is 18.4. The van der Waals surface area contributed by atoms with E-state index >= 15 is 0 Å². The Morgan fingerprint density at radius 1 is 1.23 bits per heavy atom. The van der Waals surface area contributed by atoms with Crippen LogP contribution in [-0.2, 0) is 11.2 Å². The molecule has 3 N–H and O–H groups in total. The highest BCUT2D eigenvalue weighted by Crippen LogP contribution is 2.19. The van der Waals surface area contributed by atoms with Gasteiger partial charge in [-0.3, -0.25) is 9.79 Å². The van der Waals surface area contributed by atoms with Crippen molar-refractivity contribution in [2.75, 3.05) is 26.2 Å². The number of likely N-dealkylation sites (tertiary alicyclic amines) is 1. The van der Waals surface area contributed by atoms with Crippen molar-refractivity contribution in [3.63, 3.8) is 0 Å². The van der Waals surface area contributed by atoms with Gasteiger partial charge in [0.25, 0.3) is 5.91 Å². The van der Waals surface area contributed by atoms with E-state index in [0.717, 1.165) is 38.3 Å². The molecule has 0 unspecified atom stereocenters. The second-order valence-corrected chi connectivity index (χ2v) is 7.43. The lowest BCUT2D eigenvalue weighted by Crippen LogP contribution is -2.42. The van der Waals surface area contributed by atoms with Gasteiger partial charge in [-0.25, -0.2) is 0 Å². The van der Waals surface area contributed by atoms with Gasteiger partial charge in [0.2, 0.25) is 0 Å². The average Bonchev–Trinajstić information content (AvgIpc) is 3.45. The maximum absolute atomic E-state index is 11.6. The van der Waals surface area contributed by atoms with E-state index in [0.29, 0.717) is 24.3 Å². The zero-order valence-electron chi connectivity index (χ0n) is 15.6. The zero-order valence-corrected chi connectivity index (χ0v) is 15.6. The molecule has 0 aromatic heterocycles. The Morgan fingerprint density at radius 2 is 1.92 bits per heavy atom. The van der Waals surface area contributed by atoms with Crippen molar-refractivity contribution >= 4 is 11.9 Å². The molecule has 2 aliphatic rings. The number of guanidine groups is 1. The summed E-state index contributed by atoms with van der Waals surface area (Å²) in [5.74, 6) is 2.12. The summed E-state index contributed by atoms with van der Waals surface area (Å²) in [6, 6.07) is 8.21. The fourth-order valence-corrected chi connectivity index (χ4v) is 3.04. The predicted octanol–water partition coefficient (Wildman–Crippen LogP) is 1.93. The number of piperidine rings is 1. The van der Waals surface area contributed by atoms with Crippen LogP contribution in [0.25, 0.3) is 0 Å². The first kappa shape index (κ1) is 18.5. The number of nitrogens with two attached hydrogens (primary N) is 1. The van der Waals surface area contributed by atoms with Gasteiger partial charge >= 0.3 is 0 Å². The Labute approximate surface area is 155 Å². The van der Waals surface area contributed by atoms with Crippen molar-refractivity contribution in [2.24, 2.45) is 16.6 Å². The molecule has 1 heterocycles. The minimum absolute atomic E-state index is 0.0477. The highest BCUT2D eigenvalue weighted by molar-refractivity contribution is 5.78. The third-order valence-corrected chi connectivity index (χ3v) is 5.02. The molecule has 3 rings (SSSR count). The first-order valence-corrected chi connectivity index (χ1v) is 9.66. The van der Waals surface area contributed by atoms with E-state index in [4.69, 9.17) is 10.5 Å². The minimum atomic E-state index is -0.0477. The van der Waals surface area contributed by atoms with Crippen molar-refractivity contribution in [1.29, 1.82) is 0 Å². The monoisotopic (exact) mass is 358 g/mol. The summed E-state index contributed by atoms with van der Waals surface area (Å²) in [5.41, 5.74) is 7.29. The Bertz CT molecular complexity index is 617. The number of hydrogen-bond acceptors (Lipinski definition) is 3. The Kier molecular flexibility index (Phi) is 6.36. The molecule has 26 heavy (non-hydrogen) atoms. The molecule has 1 aliphatic heterocycles. The van der Waals surface area contributed by atoms with Crippen LogP contribution >= 0.6 is 0 Å². The van der Waals surface area contributed by atoms with Gasteiger partial charge in [-0.15, -0.1) is 0 Å². The highest BCUT2D eigenvalue weighted by Gasteiger charge is 2.23. The molecule has 1 aromatic carbocycles. The number of rotatable bonds is 7. The lowest BCUT2D eigenvalue weighted by atomic mass is 10.00. The third kappa shape index (κ3) is 5.93. The summed E-state index contributed by atoms with van der Waals surface area (Å²) in [7, 11) is 0. The first-order valence-electron chi connectivity index (χ1n) is 9.66. The third-order valence-electron chi connectivity index (χ3n) is 5.02. The van der Waals surface area contributed by atoms with E-state index in [9.17, 15) is 4.79 Å². The van der Waals surface area contributed by atoms with Crippen LogP contribution in [0.1, 0.15) is 38.2 Å². The summed E-state index contributed by atoms with van der Waals surface area (Å²) in [6.45, 7) is 5.07. The van der Waals surface area contributed by atoms with Gasteiger partial charge < -0.3 is 20.7 Å². The van der Waals surface area contributed by atoms with E-state index in [2.05, 4.69) is 22.1 Å². The fourth-order valence-electron chi connectivity index (χ4n) is 3.04. The molecule has 0 radical (unpaired) electrons. The van der Waals surface area contributed by atoms with E-state index in [1.807, 2.05) is 24.3 Å². The van der Waals surface area contributed by atoms with Crippen LogP contribution in [-0.4, -0.2) is 49.0 Å². The maximum atomic E-state index is 11.6. The van der Waals surface area contributed by atoms with Crippen LogP contribution in [0.15, 0.2) is 29.3 Å². The number of amides is 1. The maximum Gasteiger partial charge on any atom is 0.258 e. The van der Waals surface area contributed by atoms with Crippen LogP contribution in [0, 0.1) is 5.92 Å². The molecule has 0 bridgehead atoms. The van der Waals surface area contributed by atoms with Crippen molar-refractivity contribution in [3.8, 4) is 5.75 Å². The van der Waals surface area contributed by atoms with Crippen LogP contribution in [0.2, 0.25) is 0 Å². The summed E-state index contributed by atoms with van der Waals surface area (Å²) in [6.07, 6.45) is 5.40. The number of aliphatic imine (C=N–C) groups is 1. The smallest absolute Gasteiger partial charge is 0.258 e. The van der Waals surface area contributed by atoms with Crippen molar-refractivity contribution in [1.82, 2.24) is 10.2 Å². The molecular weight excluding hydrogens is 328 g/mol. The summed E-state index contributed by atoms with van der Waals surface area (Å²) in [4.78, 5) is 18.3. The van der Waals surface area contributed by atoms with Crippen molar-refractivity contribution < 1.29 is 9.53 Å². The van der Waals surface area contributed by atoms with E-state index in [1.54, 1.807) is 0 Å².